The van der Waals surface area contributed by atoms with Crippen LogP contribution >= 0.6 is 0 Å². The first-order valence-electron chi connectivity index (χ1n) is 7.41. The second-order valence-electron chi connectivity index (χ2n) is 5.59. The van der Waals surface area contributed by atoms with Crippen LogP contribution in [0.1, 0.15) is 30.3 Å². The van der Waals surface area contributed by atoms with Gasteiger partial charge in [0.15, 0.2) is 0 Å². The summed E-state index contributed by atoms with van der Waals surface area (Å²) in [7, 11) is 1.26. The number of amides is 1. The second-order valence-corrected chi connectivity index (χ2v) is 5.59. The third-order valence-corrected chi connectivity index (χ3v) is 3.45. The summed E-state index contributed by atoms with van der Waals surface area (Å²) in [4.78, 5) is 28.1. The molecule has 0 unspecified atom stereocenters. The van der Waals surface area contributed by atoms with Gasteiger partial charge in [0.1, 0.15) is 17.7 Å². The number of esters is 1. The summed E-state index contributed by atoms with van der Waals surface area (Å²) in [5.41, 5.74) is 0.578. The van der Waals surface area contributed by atoms with E-state index in [-0.39, 0.29) is 17.6 Å². The molecule has 7 nitrogen and oxygen atoms in total. The minimum atomic E-state index is -0.791. The van der Waals surface area contributed by atoms with Crippen molar-refractivity contribution in [1.29, 1.82) is 0 Å². The summed E-state index contributed by atoms with van der Waals surface area (Å²) in [5, 5.41) is 6.70. The molecule has 2 rings (SSSR count). The molecule has 0 radical (unpaired) electrons. The Morgan fingerprint density at radius 3 is 2.42 bits per heavy atom. The van der Waals surface area contributed by atoms with Crippen LogP contribution in [0.25, 0.3) is 5.69 Å². The predicted octanol–water partition coefficient (Wildman–Crippen LogP) is 1.64. The summed E-state index contributed by atoms with van der Waals surface area (Å²) in [6, 6.07) is 4.86. The second kappa shape index (κ2) is 7.20. The van der Waals surface area contributed by atoms with E-state index < -0.39 is 17.9 Å². The van der Waals surface area contributed by atoms with Gasteiger partial charge in [0, 0.05) is 0 Å². The zero-order valence-electron chi connectivity index (χ0n) is 13.9. The van der Waals surface area contributed by atoms with Crippen molar-refractivity contribution < 1.29 is 18.7 Å². The lowest BCUT2D eigenvalue weighted by Gasteiger charge is -2.18. The van der Waals surface area contributed by atoms with Crippen LogP contribution < -0.4 is 5.32 Å². The Morgan fingerprint density at radius 1 is 1.25 bits per heavy atom. The van der Waals surface area contributed by atoms with Gasteiger partial charge in [-0.05, 0) is 37.1 Å². The topological polar surface area (TPSA) is 86.1 Å². The van der Waals surface area contributed by atoms with Gasteiger partial charge in [-0.3, -0.25) is 4.79 Å². The number of aryl methyl sites for hydroxylation is 1. The van der Waals surface area contributed by atoms with E-state index in [0.717, 1.165) is 0 Å². The molecule has 0 saturated carbocycles. The van der Waals surface area contributed by atoms with Gasteiger partial charge in [-0.1, -0.05) is 13.8 Å². The van der Waals surface area contributed by atoms with Crippen molar-refractivity contribution >= 4 is 11.9 Å². The molecule has 8 heteroatoms. The molecule has 128 valence electrons. The number of nitrogens with one attached hydrogen (secondary N) is 1. The van der Waals surface area contributed by atoms with E-state index in [1.807, 2.05) is 0 Å². The third kappa shape index (κ3) is 3.76. The van der Waals surface area contributed by atoms with Gasteiger partial charge in [0.2, 0.25) is 5.82 Å². The fourth-order valence-corrected chi connectivity index (χ4v) is 2.14. The van der Waals surface area contributed by atoms with Crippen molar-refractivity contribution in [2.45, 2.75) is 26.8 Å². The van der Waals surface area contributed by atoms with Gasteiger partial charge in [0.05, 0.1) is 12.8 Å². The van der Waals surface area contributed by atoms with E-state index in [9.17, 15) is 14.0 Å². The minimum Gasteiger partial charge on any atom is -0.467 e. The molecule has 1 heterocycles. The van der Waals surface area contributed by atoms with Crippen molar-refractivity contribution in [2.75, 3.05) is 7.11 Å². The predicted molar refractivity (Wildman–Crippen MR) is 84.2 cm³/mol. The zero-order chi connectivity index (χ0) is 17.9. The normalized spacial score (nSPS) is 12.1. The Kier molecular flexibility index (Phi) is 5.28. The highest BCUT2D eigenvalue weighted by Gasteiger charge is 2.27. The lowest BCUT2D eigenvalue weighted by molar-refractivity contribution is -0.144. The highest BCUT2D eigenvalue weighted by Crippen LogP contribution is 2.11. The molecule has 0 saturated heterocycles. The maximum Gasteiger partial charge on any atom is 0.328 e. The van der Waals surface area contributed by atoms with Crippen LogP contribution in [0.5, 0.6) is 0 Å². The van der Waals surface area contributed by atoms with Gasteiger partial charge in [-0.25, -0.2) is 18.9 Å². The highest BCUT2D eigenvalue weighted by molar-refractivity contribution is 5.93. The number of benzene rings is 1. The number of ether oxygens (including phenoxy) is 1. The van der Waals surface area contributed by atoms with Gasteiger partial charge in [-0.15, -0.1) is 5.10 Å². The monoisotopic (exact) mass is 334 g/mol. The van der Waals surface area contributed by atoms with Crippen molar-refractivity contribution in [3.8, 4) is 5.69 Å². The Morgan fingerprint density at radius 2 is 1.88 bits per heavy atom. The molecule has 1 aromatic carbocycles. The van der Waals surface area contributed by atoms with E-state index >= 15 is 0 Å². The number of methoxy groups -OCH3 is 1. The van der Waals surface area contributed by atoms with Gasteiger partial charge in [0.25, 0.3) is 5.91 Å². The van der Waals surface area contributed by atoms with Gasteiger partial charge >= 0.3 is 5.97 Å². The average Bonchev–Trinajstić information content (AvgIpc) is 2.94. The first kappa shape index (κ1) is 17.6. The largest absolute Gasteiger partial charge is 0.467 e. The number of aromatic nitrogens is 3. The highest BCUT2D eigenvalue weighted by atomic mass is 19.1. The van der Waals surface area contributed by atoms with E-state index in [1.54, 1.807) is 20.8 Å². The molecule has 1 N–H and O–H groups in total. The van der Waals surface area contributed by atoms with Crippen LogP contribution in [0.2, 0.25) is 0 Å². The standard InChI is InChI=1S/C16H19FN4O3/c1-9(2)13(16(23)24-4)19-15(22)14-18-10(3)21(20-14)12-7-5-11(17)6-8-12/h5-9,13H,1-4H3,(H,19,22)/t13-/m0/s1. The molecule has 0 spiro atoms. The smallest absolute Gasteiger partial charge is 0.328 e. The molecule has 1 atom stereocenters. The van der Waals surface area contributed by atoms with Crippen molar-refractivity contribution in [2.24, 2.45) is 5.92 Å². The number of hydrogen-bond donors (Lipinski definition) is 1. The van der Waals surface area contributed by atoms with Gasteiger partial charge < -0.3 is 10.1 Å². The molecular formula is C16H19FN4O3. The molecule has 0 fully saturated rings. The fourth-order valence-electron chi connectivity index (χ4n) is 2.14. The molecule has 0 aliphatic heterocycles. The van der Waals surface area contributed by atoms with E-state index in [4.69, 9.17) is 0 Å². The van der Waals surface area contributed by atoms with Crippen molar-refractivity contribution in [3.05, 3.63) is 41.7 Å². The van der Waals surface area contributed by atoms with E-state index in [1.165, 1.54) is 36.1 Å². The summed E-state index contributed by atoms with van der Waals surface area (Å²) in [6.07, 6.45) is 0. The molecule has 1 amide bonds. The van der Waals surface area contributed by atoms with E-state index in [2.05, 4.69) is 20.1 Å². The van der Waals surface area contributed by atoms with Crippen LogP contribution in [0, 0.1) is 18.7 Å². The van der Waals surface area contributed by atoms with E-state index in [0.29, 0.717) is 11.5 Å². The SMILES string of the molecule is COC(=O)[C@@H](NC(=O)c1nc(C)n(-c2ccc(F)cc2)n1)C(C)C. The average molecular weight is 334 g/mol. The fraction of sp³-hybridized carbons (Fsp3) is 0.375. The van der Waals surface area contributed by atoms with Crippen LogP contribution in [0.3, 0.4) is 0 Å². The Bertz CT molecular complexity index is 740. The molecular weight excluding hydrogens is 315 g/mol. The Hall–Kier alpha value is -2.77. The zero-order valence-corrected chi connectivity index (χ0v) is 13.9. The first-order valence-corrected chi connectivity index (χ1v) is 7.41. The van der Waals surface area contributed by atoms with Crippen molar-refractivity contribution in [3.63, 3.8) is 0 Å². The lowest BCUT2D eigenvalue weighted by Crippen LogP contribution is -2.45. The summed E-state index contributed by atoms with van der Waals surface area (Å²) < 4.78 is 19.1. The van der Waals surface area contributed by atoms with Crippen LogP contribution in [-0.4, -0.2) is 39.8 Å². The molecule has 1 aromatic heterocycles. The summed E-state index contributed by atoms with van der Waals surface area (Å²) in [6.45, 7) is 5.25. The number of nitrogens with zero attached hydrogens (tertiary/aromatic N) is 3. The molecule has 0 aliphatic carbocycles. The van der Waals surface area contributed by atoms with Crippen LogP contribution in [0.15, 0.2) is 24.3 Å². The molecule has 0 aliphatic rings. The number of carbonyl (C=O) groups excluding carboxylic acids is 2. The van der Waals surface area contributed by atoms with Gasteiger partial charge in [-0.2, -0.15) is 0 Å². The quantitative estimate of drug-likeness (QED) is 0.840. The first-order chi connectivity index (χ1) is 11.3. The molecule has 0 bridgehead atoms. The number of carbonyl (C=O) groups is 2. The Balaban J connectivity index is 2.23. The number of rotatable bonds is 5. The number of halogens is 1. The summed E-state index contributed by atoms with van der Waals surface area (Å²) in [5.74, 6) is -1.25. The maximum atomic E-state index is 13.0. The maximum absolute atomic E-state index is 13.0. The lowest BCUT2D eigenvalue weighted by atomic mass is 10.0. The minimum absolute atomic E-state index is 0.0774. The Labute approximate surface area is 138 Å². The molecule has 24 heavy (non-hydrogen) atoms. The van der Waals surface area contributed by atoms with Crippen LogP contribution in [0.4, 0.5) is 4.39 Å². The number of hydrogen-bond acceptors (Lipinski definition) is 5. The van der Waals surface area contributed by atoms with Crippen molar-refractivity contribution in [1.82, 2.24) is 20.1 Å². The summed E-state index contributed by atoms with van der Waals surface area (Å²) >= 11 is 0. The van der Waals surface area contributed by atoms with Crippen LogP contribution in [-0.2, 0) is 9.53 Å². The third-order valence-electron chi connectivity index (χ3n) is 3.45. The molecule has 2 aromatic rings.